The second-order valence-electron chi connectivity index (χ2n) is 8.33. The molecule has 0 fully saturated rings. The van der Waals surface area contributed by atoms with E-state index in [1.54, 1.807) is 25.1 Å². The number of hydrogen-bond donors (Lipinski definition) is 1. The van der Waals surface area contributed by atoms with Gasteiger partial charge in [0.1, 0.15) is 23.5 Å². The van der Waals surface area contributed by atoms with E-state index in [0.717, 1.165) is 5.57 Å². The van der Waals surface area contributed by atoms with Gasteiger partial charge in [-0.05, 0) is 38.0 Å². The van der Waals surface area contributed by atoms with Crippen LogP contribution in [0.15, 0.2) is 45.6 Å². The second-order valence-corrected chi connectivity index (χ2v) is 8.33. The number of fused-ring (bicyclic) bond motifs is 3. The van der Waals surface area contributed by atoms with Gasteiger partial charge in [0.2, 0.25) is 0 Å². The Hall–Kier alpha value is -4.07. The fourth-order valence-electron chi connectivity index (χ4n) is 4.32. The van der Waals surface area contributed by atoms with Crippen LogP contribution in [-0.4, -0.2) is 30.6 Å². The van der Waals surface area contributed by atoms with Crippen LogP contribution in [0.25, 0.3) is 11.0 Å². The Morgan fingerprint density at radius 1 is 1.26 bits per heavy atom. The van der Waals surface area contributed by atoms with Gasteiger partial charge in [-0.25, -0.2) is 4.79 Å². The van der Waals surface area contributed by atoms with Crippen LogP contribution >= 0.6 is 0 Å². The van der Waals surface area contributed by atoms with E-state index in [-0.39, 0.29) is 35.3 Å². The number of phenols is 1. The summed E-state index contributed by atoms with van der Waals surface area (Å²) in [5.41, 5.74) is 1.35. The van der Waals surface area contributed by atoms with Crippen molar-refractivity contribution in [3.05, 3.63) is 69.1 Å². The standard InChI is InChI=1S/C26H24O8/c1-12(2)11-32-24-15(7-6-8-17(24)31-5)16-10-19(29)34-26-21(14(4)27)23(30)20-13(3)9-18(28)33-25(20)22(16)26/h6-9,16,30H,1,10-11H2,2-5H3/t16-/m0/s1. The summed E-state index contributed by atoms with van der Waals surface area (Å²) in [7, 11) is 1.50. The van der Waals surface area contributed by atoms with Crippen LogP contribution in [-0.2, 0) is 4.79 Å². The molecule has 2 aromatic carbocycles. The largest absolute Gasteiger partial charge is 0.506 e. The summed E-state index contributed by atoms with van der Waals surface area (Å²) in [6.07, 6.45) is -0.113. The van der Waals surface area contributed by atoms with Crippen LogP contribution in [0.1, 0.15) is 53.2 Å². The van der Waals surface area contributed by atoms with Gasteiger partial charge >= 0.3 is 11.6 Å². The topological polar surface area (TPSA) is 112 Å². The molecule has 0 bridgehead atoms. The lowest BCUT2D eigenvalue weighted by Gasteiger charge is -2.29. The molecule has 1 N–H and O–H groups in total. The molecule has 0 saturated heterocycles. The van der Waals surface area contributed by atoms with Gasteiger partial charge in [-0.3, -0.25) is 9.59 Å². The molecule has 0 radical (unpaired) electrons. The molecule has 0 amide bonds. The molecule has 1 aliphatic heterocycles. The molecule has 4 rings (SSSR count). The summed E-state index contributed by atoms with van der Waals surface area (Å²) in [4.78, 5) is 37.6. The Morgan fingerprint density at radius 3 is 2.65 bits per heavy atom. The summed E-state index contributed by atoms with van der Waals surface area (Å²) in [6, 6.07) is 6.47. The number of benzene rings is 2. The maximum absolute atomic E-state index is 12.7. The fraction of sp³-hybridized carbons (Fsp3) is 0.269. The van der Waals surface area contributed by atoms with Crippen molar-refractivity contribution in [1.82, 2.24) is 0 Å². The minimum atomic E-state index is -0.711. The Morgan fingerprint density at radius 2 is 2.00 bits per heavy atom. The van der Waals surface area contributed by atoms with E-state index in [2.05, 4.69) is 6.58 Å². The van der Waals surface area contributed by atoms with Crippen molar-refractivity contribution >= 4 is 22.7 Å². The lowest BCUT2D eigenvalue weighted by atomic mass is 9.82. The van der Waals surface area contributed by atoms with Crippen LogP contribution in [0, 0.1) is 6.92 Å². The number of aromatic hydroxyl groups is 1. The van der Waals surface area contributed by atoms with Gasteiger partial charge in [-0.2, -0.15) is 0 Å². The quantitative estimate of drug-likeness (QED) is 0.188. The van der Waals surface area contributed by atoms with Gasteiger partial charge < -0.3 is 23.7 Å². The molecule has 2 heterocycles. The number of rotatable bonds is 6. The first kappa shape index (κ1) is 23.1. The number of esters is 1. The van der Waals surface area contributed by atoms with E-state index < -0.39 is 29.0 Å². The Kier molecular flexibility index (Phi) is 5.91. The average Bonchev–Trinajstić information content (AvgIpc) is 2.75. The number of para-hydroxylation sites is 1. The molecule has 34 heavy (non-hydrogen) atoms. The van der Waals surface area contributed by atoms with Crippen LogP contribution < -0.4 is 19.8 Å². The molecule has 1 atom stereocenters. The number of ketones is 1. The van der Waals surface area contributed by atoms with Crippen LogP contribution in [0.5, 0.6) is 23.0 Å². The maximum atomic E-state index is 12.7. The summed E-state index contributed by atoms with van der Waals surface area (Å²) in [5, 5.41) is 11.2. The number of ether oxygens (including phenoxy) is 3. The summed E-state index contributed by atoms with van der Waals surface area (Å²) >= 11 is 0. The molecule has 3 aromatic rings. The molecule has 8 nitrogen and oxygen atoms in total. The molecule has 0 spiro atoms. The van der Waals surface area contributed by atoms with Crippen molar-refractivity contribution in [3.63, 3.8) is 0 Å². The molecular formula is C26H24O8. The Bertz CT molecular complexity index is 1410. The van der Waals surface area contributed by atoms with Gasteiger partial charge in [0.25, 0.3) is 0 Å². The zero-order valence-corrected chi connectivity index (χ0v) is 19.3. The Labute approximate surface area is 195 Å². The minimum absolute atomic E-state index is 0.0497. The fourth-order valence-corrected chi connectivity index (χ4v) is 4.32. The van der Waals surface area contributed by atoms with Gasteiger partial charge in [0.05, 0.1) is 18.9 Å². The lowest BCUT2D eigenvalue weighted by molar-refractivity contribution is -0.135. The number of carbonyl (C=O) groups is 2. The van der Waals surface area contributed by atoms with E-state index in [1.165, 1.54) is 20.1 Å². The summed E-state index contributed by atoms with van der Waals surface area (Å²) in [6.45, 7) is 8.78. The normalized spacial score (nSPS) is 14.9. The summed E-state index contributed by atoms with van der Waals surface area (Å²) in [5.74, 6) is -1.52. The van der Waals surface area contributed by atoms with Crippen molar-refractivity contribution in [3.8, 4) is 23.0 Å². The number of Topliss-reactive ketones (excluding diaryl/α,β-unsaturated/α-hetero) is 1. The predicted molar refractivity (Wildman–Crippen MR) is 124 cm³/mol. The predicted octanol–water partition coefficient (Wildman–Crippen LogP) is 4.41. The monoisotopic (exact) mass is 464 g/mol. The highest BCUT2D eigenvalue weighted by atomic mass is 16.5. The molecular weight excluding hydrogens is 440 g/mol. The molecule has 1 aliphatic rings. The molecule has 0 saturated carbocycles. The highest BCUT2D eigenvalue weighted by Crippen LogP contribution is 2.51. The van der Waals surface area contributed by atoms with E-state index in [0.29, 0.717) is 28.2 Å². The molecule has 0 aliphatic carbocycles. The molecule has 176 valence electrons. The highest BCUT2D eigenvalue weighted by molar-refractivity contribution is 6.09. The molecule has 1 aromatic heterocycles. The number of methoxy groups -OCH3 is 1. The van der Waals surface area contributed by atoms with Crippen LogP contribution in [0.2, 0.25) is 0 Å². The third-order valence-electron chi connectivity index (χ3n) is 5.70. The molecule has 0 unspecified atom stereocenters. The summed E-state index contributed by atoms with van der Waals surface area (Å²) < 4.78 is 22.5. The smallest absolute Gasteiger partial charge is 0.336 e. The van der Waals surface area contributed by atoms with Crippen molar-refractivity contribution in [2.75, 3.05) is 13.7 Å². The number of hydrogen-bond acceptors (Lipinski definition) is 8. The first-order valence-corrected chi connectivity index (χ1v) is 10.6. The SMILES string of the molecule is C=C(C)COc1c(OC)cccc1[C@@H]1CC(=O)Oc2c(C(C)=O)c(O)c3c(C)cc(=O)oc3c21. The third kappa shape index (κ3) is 3.81. The maximum Gasteiger partial charge on any atom is 0.336 e. The number of phenolic OH excluding ortho intramolecular Hbond substituents is 1. The van der Waals surface area contributed by atoms with Gasteiger partial charge in [-0.1, -0.05) is 18.7 Å². The lowest BCUT2D eigenvalue weighted by Crippen LogP contribution is -2.24. The average molecular weight is 464 g/mol. The third-order valence-corrected chi connectivity index (χ3v) is 5.70. The van der Waals surface area contributed by atoms with Gasteiger partial charge in [0.15, 0.2) is 23.0 Å². The van der Waals surface area contributed by atoms with Crippen molar-refractivity contribution in [2.45, 2.75) is 33.1 Å². The van der Waals surface area contributed by atoms with Crippen molar-refractivity contribution < 1.29 is 33.3 Å². The van der Waals surface area contributed by atoms with Crippen molar-refractivity contribution in [1.29, 1.82) is 0 Å². The second kappa shape index (κ2) is 8.70. The first-order chi connectivity index (χ1) is 16.1. The molecule has 8 heteroatoms. The van der Waals surface area contributed by atoms with Gasteiger partial charge in [-0.15, -0.1) is 0 Å². The van der Waals surface area contributed by atoms with Crippen LogP contribution in [0.3, 0.4) is 0 Å². The first-order valence-electron chi connectivity index (χ1n) is 10.6. The van der Waals surface area contributed by atoms with E-state index >= 15 is 0 Å². The van der Waals surface area contributed by atoms with Crippen molar-refractivity contribution in [2.24, 2.45) is 0 Å². The zero-order chi connectivity index (χ0) is 24.7. The van der Waals surface area contributed by atoms with Gasteiger partial charge in [0, 0.05) is 23.1 Å². The Balaban J connectivity index is 2.12. The van der Waals surface area contributed by atoms with E-state index in [9.17, 15) is 19.5 Å². The van der Waals surface area contributed by atoms with E-state index in [4.69, 9.17) is 18.6 Å². The zero-order valence-electron chi connectivity index (χ0n) is 19.3. The van der Waals surface area contributed by atoms with Crippen LogP contribution in [0.4, 0.5) is 0 Å². The number of carbonyl (C=O) groups excluding carboxylic acids is 2. The minimum Gasteiger partial charge on any atom is -0.506 e. The number of aryl methyl sites for hydroxylation is 1. The van der Waals surface area contributed by atoms with E-state index in [1.807, 2.05) is 6.92 Å². The highest BCUT2D eigenvalue weighted by Gasteiger charge is 2.38.